The van der Waals surface area contributed by atoms with E-state index in [1.165, 1.54) is 6.08 Å². The average molecular weight is 299 g/mol. The van der Waals surface area contributed by atoms with E-state index in [9.17, 15) is 9.59 Å². The molecule has 118 valence electrons. The summed E-state index contributed by atoms with van der Waals surface area (Å²) in [6, 6.07) is -2.03. The van der Waals surface area contributed by atoms with Crippen molar-refractivity contribution in [2.45, 2.75) is 24.7 Å². The lowest BCUT2D eigenvalue weighted by Crippen LogP contribution is -2.49. The normalized spacial score (nSPS) is 24.0. The van der Waals surface area contributed by atoms with Crippen LogP contribution in [0.5, 0.6) is 0 Å². The Labute approximate surface area is 123 Å². The van der Waals surface area contributed by atoms with E-state index in [1.807, 2.05) is 32.2 Å². The molecule has 6 N–H and O–H groups in total. The predicted molar refractivity (Wildman–Crippen MR) is 76.7 cm³/mol. The molecule has 0 fully saturated rings. The van der Waals surface area contributed by atoms with Crippen molar-refractivity contribution in [3.63, 3.8) is 0 Å². The fourth-order valence-electron chi connectivity index (χ4n) is 2.34. The first-order valence-corrected chi connectivity index (χ1v) is 6.49. The summed E-state index contributed by atoms with van der Waals surface area (Å²) in [6.45, 7) is 0. The lowest BCUT2D eigenvalue weighted by Gasteiger charge is -2.34. The fourth-order valence-corrected chi connectivity index (χ4v) is 2.34. The first-order valence-electron chi connectivity index (χ1n) is 6.49. The lowest BCUT2D eigenvalue weighted by molar-refractivity contribution is -0.874. The van der Waals surface area contributed by atoms with Gasteiger partial charge < -0.3 is 26.6 Å². The van der Waals surface area contributed by atoms with Gasteiger partial charge in [0.2, 0.25) is 0 Å². The van der Waals surface area contributed by atoms with Crippen LogP contribution in [0.4, 0.5) is 0 Å². The van der Waals surface area contributed by atoms with E-state index in [1.54, 1.807) is 6.08 Å². The van der Waals surface area contributed by atoms with Crippen molar-refractivity contribution in [1.29, 1.82) is 0 Å². The Morgan fingerprint density at radius 2 is 1.95 bits per heavy atom. The van der Waals surface area contributed by atoms with Gasteiger partial charge in [0.15, 0.2) is 6.17 Å². The van der Waals surface area contributed by atoms with Gasteiger partial charge in [0.1, 0.15) is 17.8 Å². The molecule has 0 spiro atoms. The van der Waals surface area contributed by atoms with Crippen molar-refractivity contribution >= 4 is 11.9 Å². The molecule has 8 heteroatoms. The average Bonchev–Trinajstić information content (AvgIpc) is 2.56. The van der Waals surface area contributed by atoms with Gasteiger partial charge in [-0.1, -0.05) is 6.08 Å². The summed E-state index contributed by atoms with van der Waals surface area (Å²) < 4.78 is 0.375. The third kappa shape index (κ3) is 3.81. The van der Waals surface area contributed by atoms with E-state index in [-0.39, 0.29) is 12.6 Å². The van der Waals surface area contributed by atoms with Crippen LogP contribution < -0.4 is 11.5 Å². The number of hydrogen-bond donors (Lipinski definition) is 4. The Bertz CT molecular complexity index is 487. The standard InChI is InChI=1S/C13H22N4O4/c1-16-7-8(6-10(15)13(20)21)17(2,3)11(16)5-4-9(14)12(18)19/h4-5,7,9-11H,6,14-15H2,1-3H3,(H-,18,19,20,21)/p+1/b5-4+. The molecule has 21 heavy (non-hydrogen) atoms. The molecule has 1 aliphatic heterocycles. The molecule has 0 saturated heterocycles. The van der Waals surface area contributed by atoms with Gasteiger partial charge in [-0.15, -0.1) is 0 Å². The number of quaternary nitrogens is 1. The minimum Gasteiger partial charge on any atom is -0.480 e. The number of hydrogen-bond acceptors (Lipinski definition) is 5. The second kappa shape index (κ2) is 6.25. The van der Waals surface area contributed by atoms with Crippen molar-refractivity contribution in [2.24, 2.45) is 11.5 Å². The number of rotatable bonds is 6. The second-order valence-corrected chi connectivity index (χ2v) is 5.64. The van der Waals surface area contributed by atoms with Crippen molar-refractivity contribution in [2.75, 3.05) is 21.1 Å². The SMILES string of the molecule is CN1C=C(CC(N)C(=O)O)[N+](C)(C)C1/C=C/C(N)C(=O)O. The number of nitrogens with two attached hydrogens (primary N) is 2. The molecule has 0 bridgehead atoms. The van der Waals surface area contributed by atoms with Crippen molar-refractivity contribution in [3.8, 4) is 0 Å². The van der Waals surface area contributed by atoms with Crippen LogP contribution in [-0.2, 0) is 9.59 Å². The van der Waals surface area contributed by atoms with Gasteiger partial charge in [0.25, 0.3) is 0 Å². The number of likely N-dealkylation sites (N-methyl/N-ethyl adjacent to an activating group) is 2. The van der Waals surface area contributed by atoms with Crippen LogP contribution in [0.2, 0.25) is 0 Å². The molecule has 0 radical (unpaired) electrons. The zero-order valence-electron chi connectivity index (χ0n) is 12.4. The molecular weight excluding hydrogens is 276 g/mol. The molecule has 0 aliphatic carbocycles. The molecule has 3 atom stereocenters. The van der Waals surface area contributed by atoms with Gasteiger partial charge in [-0.2, -0.15) is 0 Å². The Morgan fingerprint density at radius 1 is 1.38 bits per heavy atom. The molecule has 0 aromatic carbocycles. The summed E-state index contributed by atoms with van der Waals surface area (Å²) in [7, 11) is 5.65. The largest absolute Gasteiger partial charge is 0.480 e. The summed E-state index contributed by atoms with van der Waals surface area (Å²) in [4.78, 5) is 23.5. The quantitative estimate of drug-likeness (QED) is 0.363. The maximum atomic E-state index is 10.9. The zero-order valence-corrected chi connectivity index (χ0v) is 12.4. The van der Waals surface area contributed by atoms with Gasteiger partial charge in [-0.3, -0.25) is 14.1 Å². The number of carbonyl (C=O) groups is 2. The highest BCUT2D eigenvalue weighted by atomic mass is 16.4. The van der Waals surface area contributed by atoms with Crippen LogP contribution in [-0.4, -0.2) is 70.9 Å². The number of carboxylic acids is 2. The molecule has 0 aromatic rings. The molecule has 1 aliphatic rings. The Kier molecular flexibility index (Phi) is 5.10. The van der Waals surface area contributed by atoms with Crippen LogP contribution in [0.15, 0.2) is 24.0 Å². The van der Waals surface area contributed by atoms with Crippen molar-refractivity contribution in [1.82, 2.24) is 4.90 Å². The molecular formula is C13H23N4O4+. The third-order valence-corrected chi connectivity index (χ3v) is 3.69. The smallest absolute Gasteiger partial charge is 0.324 e. The topological polar surface area (TPSA) is 130 Å². The van der Waals surface area contributed by atoms with E-state index in [4.69, 9.17) is 21.7 Å². The van der Waals surface area contributed by atoms with E-state index >= 15 is 0 Å². The predicted octanol–water partition coefficient (Wildman–Crippen LogP) is -1.05. The second-order valence-electron chi connectivity index (χ2n) is 5.64. The molecule has 1 rings (SSSR count). The van der Waals surface area contributed by atoms with Crippen molar-refractivity contribution < 1.29 is 24.3 Å². The minimum atomic E-state index is -1.10. The third-order valence-electron chi connectivity index (χ3n) is 3.69. The maximum absolute atomic E-state index is 10.9. The molecule has 0 aromatic heterocycles. The molecule has 3 unspecified atom stereocenters. The molecule has 1 heterocycles. The van der Waals surface area contributed by atoms with Crippen LogP contribution in [0.1, 0.15) is 6.42 Å². The molecule has 0 saturated carbocycles. The van der Waals surface area contributed by atoms with Gasteiger partial charge in [-0.05, 0) is 6.08 Å². The number of nitrogens with zero attached hydrogens (tertiary/aromatic N) is 2. The zero-order chi connectivity index (χ0) is 16.4. The monoisotopic (exact) mass is 299 g/mol. The Morgan fingerprint density at radius 3 is 2.43 bits per heavy atom. The minimum absolute atomic E-state index is 0.161. The highest BCUT2D eigenvalue weighted by molar-refractivity contribution is 5.75. The van der Waals surface area contributed by atoms with Crippen LogP contribution in [0, 0.1) is 0 Å². The fraction of sp³-hybridized carbons (Fsp3) is 0.538. The summed E-state index contributed by atoms with van der Waals surface area (Å²) >= 11 is 0. The van der Waals surface area contributed by atoms with Gasteiger partial charge in [0.05, 0.1) is 20.3 Å². The van der Waals surface area contributed by atoms with E-state index < -0.39 is 24.0 Å². The van der Waals surface area contributed by atoms with E-state index in [2.05, 4.69) is 0 Å². The lowest BCUT2D eigenvalue weighted by atomic mass is 10.1. The van der Waals surface area contributed by atoms with E-state index in [0.29, 0.717) is 4.48 Å². The summed E-state index contributed by atoms with van der Waals surface area (Å²) in [5.41, 5.74) is 11.9. The first-order chi connectivity index (χ1) is 9.57. The maximum Gasteiger partial charge on any atom is 0.324 e. The van der Waals surface area contributed by atoms with Gasteiger partial charge in [-0.25, -0.2) is 0 Å². The van der Waals surface area contributed by atoms with E-state index in [0.717, 1.165) is 5.70 Å². The first kappa shape index (κ1) is 17.2. The molecule has 8 nitrogen and oxygen atoms in total. The highest BCUT2D eigenvalue weighted by Gasteiger charge is 2.40. The molecule has 0 amide bonds. The van der Waals surface area contributed by atoms with Crippen LogP contribution in [0.25, 0.3) is 0 Å². The van der Waals surface area contributed by atoms with Gasteiger partial charge >= 0.3 is 11.9 Å². The summed E-state index contributed by atoms with van der Waals surface area (Å²) in [6.07, 6.45) is 5.05. The summed E-state index contributed by atoms with van der Waals surface area (Å²) in [5.74, 6) is -2.15. The van der Waals surface area contributed by atoms with Gasteiger partial charge in [0, 0.05) is 13.5 Å². The Balaban J connectivity index is 2.88. The Hall–Kier alpha value is -1.90. The van der Waals surface area contributed by atoms with Crippen LogP contribution in [0.3, 0.4) is 0 Å². The highest BCUT2D eigenvalue weighted by Crippen LogP contribution is 2.30. The number of aliphatic carboxylic acids is 2. The summed E-state index contributed by atoms with van der Waals surface area (Å²) in [5, 5.41) is 17.7. The number of carboxylic acid groups (broad SMARTS) is 2. The van der Waals surface area contributed by atoms with Crippen molar-refractivity contribution in [3.05, 3.63) is 24.0 Å². The van der Waals surface area contributed by atoms with Crippen LogP contribution >= 0.6 is 0 Å².